The van der Waals surface area contributed by atoms with Crippen LogP contribution in [-0.4, -0.2) is 58.9 Å². The number of ether oxygens (including phenoxy) is 1. The van der Waals surface area contributed by atoms with Crippen LogP contribution >= 0.6 is 0 Å². The van der Waals surface area contributed by atoms with Crippen molar-refractivity contribution < 1.29 is 19.1 Å². The predicted octanol–water partition coefficient (Wildman–Crippen LogP) is 5.14. The Morgan fingerprint density at radius 2 is 1.76 bits per heavy atom. The summed E-state index contributed by atoms with van der Waals surface area (Å²) in [6.45, 7) is 14.2. The smallest absolute Gasteiger partial charge is 0.407 e. The third kappa shape index (κ3) is 5.33. The van der Waals surface area contributed by atoms with Crippen LogP contribution in [0.5, 0.6) is 0 Å². The predicted molar refractivity (Wildman–Crippen MR) is 145 cm³/mol. The number of anilines is 1. The van der Waals surface area contributed by atoms with E-state index in [1.54, 1.807) is 24.1 Å². The monoisotopic (exact) mass is 504 g/mol. The molecule has 0 fully saturated rings. The summed E-state index contributed by atoms with van der Waals surface area (Å²) in [6.07, 6.45) is 1.30. The number of carbonyl (C=O) groups excluding carboxylic acids is 3. The fourth-order valence-electron chi connectivity index (χ4n) is 4.86. The van der Waals surface area contributed by atoms with E-state index in [9.17, 15) is 14.4 Å². The van der Waals surface area contributed by atoms with Gasteiger partial charge in [-0.2, -0.15) is 0 Å². The Bertz CT molecular complexity index is 1330. The second kappa shape index (κ2) is 10.3. The molecule has 0 unspecified atom stereocenters. The maximum Gasteiger partial charge on any atom is 0.407 e. The van der Waals surface area contributed by atoms with Crippen molar-refractivity contribution in [1.29, 1.82) is 0 Å². The van der Waals surface area contributed by atoms with Crippen molar-refractivity contribution in [3.63, 3.8) is 0 Å². The standard InChI is InChI=1S/C29H36N4O4/c1-7-31(8-2)22-11-9-20(10-12-22)25-23-18-32(16-14-30-28(36)37-29(4,5)6)27(35)26(23)33-15-13-21(19(3)34)17-24(25)33/h9-13,15,17H,7-8,14,16,18H2,1-6H3,(H,30,36). The molecule has 0 bridgehead atoms. The van der Waals surface area contributed by atoms with Gasteiger partial charge in [0.2, 0.25) is 0 Å². The second-order valence-electron chi connectivity index (χ2n) is 10.3. The van der Waals surface area contributed by atoms with E-state index >= 15 is 0 Å². The molecule has 8 heteroatoms. The molecule has 1 aliphatic heterocycles. The van der Waals surface area contributed by atoms with Gasteiger partial charge in [0.25, 0.3) is 5.91 Å². The highest BCUT2D eigenvalue weighted by atomic mass is 16.6. The molecule has 1 aromatic carbocycles. The lowest BCUT2D eigenvalue weighted by Gasteiger charge is -2.22. The summed E-state index contributed by atoms with van der Waals surface area (Å²) in [5.74, 6) is -0.120. The highest BCUT2D eigenvalue weighted by molar-refractivity contribution is 6.05. The van der Waals surface area contributed by atoms with Crippen molar-refractivity contribution in [2.24, 2.45) is 0 Å². The number of amides is 2. The lowest BCUT2D eigenvalue weighted by molar-refractivity contribution is 0.0514. The van der Waals surface area contributed by atoms with E-state index in [1.165, 1.54) is 0 Å². The van der Waals surface area contributed by atoms with E-state index in [0.717, 1.165) is 41.0 Å². The average Bonchev–Trinajstić information content (AvgIpc) is 3.32. The number of hydrogen-bond acceptors (Lipinski definition) is 5. The number of fused-ring (bicyclic) bond motifs is 3. The van der Waals surface area contributed by atoms with Gasteiger partial charge in [0, 0.05) is 61.3 Å². The van der Waals surface area contributed by atoms with Gasteiger partial charge >= 0.3 is 6.09 Å². The van der Waals surface area contributed by atoms with Crippen LogP contribution in [0.25, 0.3) is 16.6 Å². The molecule has 4 rings (SSSR count). The molecule has 0 saturated carbocycles. The summed E-state index contributed by atoms with van der Waals surface area (Å²) in [4.78, 5) is 41.7. The Morgan fingerprint density at radius 3 is 2.35 bits per heavy atom. The van der Waals surface area contributed by atoms with Crippen LogP contribution in [0, 0.1) is 0 Å². The molecule has 196 valence electrons. The number of aromatic nitrogens is 1. The minimum Gasteiger partial charge on any atom is -0.444 e. The number of ketones is 1. The first-order valence-corrected chi connectivity index (χ1v) is 12.8. The fraction of sp³-hybridized carbons (Fsp3) is 0.414. The highest BCUT2D eigenvalue weighted by Gasteiger charge is 2.35. The molecule has 37 heavy (non-hydrogen) atoms. The molecule has 2 amide bonds. The van der Waals surface area contributed by atoms with Gasteiger partial charge < -0.3 is 24.3 Å². The number of pyridine rings is 1. The van der Waals surface area contributed by atoms with Crippen LogP contribution in [0.1, 0.15) is 68.0 Å². The highest BCUT2D eigenvalue weighted by Crippen LogP contribution is 2.39. The summed E-state index contributed by atoms with van der Waals surface area (Å²) < 4.78 is 7.18. The van der Waals surface area contributed by atoms with Crippen molar-refractivity contribution in [2.75, 3.05) is 31.1 Å². The van der Waals surface area contributed by atoms with Crippen molar-refractivity contribution >= 4 is 29.0 Å². The molecular weight excluding hydrogens is 468 g/mol. The molecule has 2 aromatic heterocycles. The summed E-state index contributed by atoms with van der Waals surface area (Å²) in [7, 11) is 0. The van der Waals surface area contributed by atoms with Crippen LogP contribution in [-0.2, 0) is 11.3 Å². The van der Waals surface area contributed by atoms with E-state index in [-0.39, 0.29) is 18.2 Å². The quantitative estimate of drug-likeness (QED) is 0.430. The number of benzene rings is 1. The first-order valence-electron chi connectivity index (χ1n) is 12.8. The van der Waals surface area contributed by atoms with Gasteiger partial charge in [-0.05, 0) is 71.4 Å². The fourth-order valence-corrected chi connectivity index (χ4v) is 4.86. The SMILES string of the molecule is CCN(CC)c1ccc(-c2c3c(n4ccc(C(C)=O)cc24)C(=O)N(CCNC(=O)OC(C)(C)C)C3)cc1. The van der Waals surface area contributed by atoms with Gasteiger partial charge in [0.05, 0.1) is 5.52 Å². The first-order chi connectivity index (χ1) is 17.5. The van der Waals surface area contributed by atoms with Gasteiger partial charge in [-0.3, -0.25) is 9.59 Å². The van der Waals surface area contributed by atoms with Gasteiger partial charge in [0.15, 0.2) is 5.78 Å². The largest absolute Gasteiger partial charge is 0.444 e. The van der Waals surface area contributed by atoms with E-state index in [0.29, 0.717) is 24.3 Å². The minimum absolute atomic E-state index is 0.0205. The number of nitrogens with zero attached hydrogens (tertiary/aromatic N) is 3. The maximum atomic E-state index is 13.5. The molecule has 0 saturated heterocycles. The van der Waals surface area contributed by atoms with Crippen LogP contribution in [0.2, 0.25) is 0 Å². The van der Waals surface area contributed by atoms with Crippen molar-refractivity contribution in [3.8, 4) is 11.1 Å². The van der Waals surface area contributed by atoms with Gasteiger partial charge in [-0.1, -0.05) is 12.1 Å². The summed E-state index contributed by atoms with van der Waals surface area (Å²) in [6, 6.07) is 12.0. The maximum absolute atomic E-state index is 13.5. The molecule has 0 spiro atoms. The van der Waals surface area contributed by atoms with Gasteiger partial charge in [-0.15, -0.1) is 0 Å². The zero-order valence-corrected chi connectivity index (χ0v) is 22.6. The van der Waals surface area contributed by atoms with Crippen molar-refractivity contribution in [2.45, 2.75) is 53.7 Å². The molecule has 0 radical (unpaired) electrons. The number of Topliss-reactive ketones (excluding diaryl/α,β-unsaturated/α-hetero) is 1. The van der Waals surface area contributed by atoms with Gasteiger partial charge in [0.1, 0.15) is 11.3 Å². The van der Waals surface area contributed by atoms with E-state index in [1.807, 2.05) is 31.2 Å². The number of alkyl carbamates (subject to hydrolysis) is 1. The Morgan fingerprint density at radius 1 is 1.08 bits per heavy atom. The Hall–Kier alpha value is -3.81. The Kier molecular flexibility index (Phi) is 7.30. The molecule has 8 nitrogen and oxygen atoms in total. The van der Waals surface area contributed by atoms with E-state index in [4.69, 9.17) is 4.74 Å². The second-order valence-corrected chi connectivity index (χ2v) is 10.3. The summed E-state index contributed by atoms with van der Waals surface area (Å²) >= 11 is 0. The topological polar surface area (TPSA) is 83.4 Å². The first kappa shape index (κ1) is 26.3. The third-order valence-corrected chi connectivity index (χ3v) is 6.62. The molecular formula is C29H36N4O4. The number of carbonyl (C=O) groups is 3. The lowest BCUT2D eigenvalue weighted by Crippen LogP contribution is -2.38. The third-order valence-electron chi connectivity index (χ3n) is 6.62. The average molecular weight is 505 g/mol. The molecule has 3 heterocycles. The van der Waals surface area contributed by atoms with Gasteiger partial charge in [-0.25, -0.2) is 4.79 Å². The van der Waals surface area contributed by atoms with Crippen LogP contribution in [0.15, 0.2) is 42.6 Å². The summed E-state index contributed by atoms with van der Waals surface area (Å²) in [5.41, 5.74) is 5.49. The number of rotatable bonds is 8. The Labute approximate surface area is 218 Å². The van der Waals surface area contributed by atoms with E-state index in [2.05, 4.69) is 48.3 Å². The molecule has 0 atom stereocenters. The zero-order chi connectivity index (χ0) is 26.9. The zero-order valence-electron chi connectivity index (χ0n) is 22.6. The molecule has 3 aromatic rings. The Balaban J connectivity index is 1.67. The minimum atomic E-state index is -0.583. The van der Waals surface area contributed by atoms with Crippen LogP contribution < -0.4 is 10.2 Å². The van der Waals surface area contributed by atoms with Crippen molar-refractivity contribution in [3.05, 3.63) is 59.4 Å². The molecule has 0 aliphatic carbocycles. The number of hydrogen-bond donors (Lipinski definition) is 1. The van der Waals surface area contributed by atoms with Crippen molar-refractivity contribution in [1.82, 2.24) is 14.6 Å². The molecule has 1 aliphatic rings. The van der Waals surface area contributed by atoms with E-state index < -0.39 is 11.7 Å². The lowest BCUT2D eigenvalue weighted by atomic mass is 10.0. The number of nitrogens with one attached hydrogen (secondary N) is 1. The van der Waals surface area contributed by atoms with Crippen LogP contribution in [0.3, 0.4) is 0 Å². The summed E-state index contributed by atoms with van der Waals surface area (Å²) in [5, 5.41) is 2.73. The normalized spacial score (nSPS) is 13.1. The van der Waals surface area contributed by atoms with Crippen LogP contribution in [0.4, 0.5) is 10.5 Å². The molecule has 1 N–H and O–H groups in total.